The molecular formula is C11H12F2O3. The molecule has 0 heterocycles. The average molecular weight is 230 g/mol. The zero-order valence-corrected chi connectivity index (χ0v) is 9.00. The number of halogens is 2. The van der Waals surface area contributed by atoms with Gasteiger partial charge in [0, 0.05) is 5.56 Å². The lowest BCUT2D eigenvalue weighted by atomic mass is 10.1. The second kappa shape index (κ2) is 4.92. The Morgan fingerprint density at radius 1 is 1.44 bits per heavy atom. The Labute approximate surface area is 92.0 Å². The van der Waals surface area contributed by atoms with E-state index < -0.39 is 17.5 Å². The molecule has 0 N–H and O–H groups in total. The number of benzene rings is 1. The van der Waals surface area contributed by atoms with E-state index in [1.807, 2.05) is 0 Å². The molecule has 0 saturated carbocycles. The van der Waals surface area contributed by atoms with Gasteiger partial charge in [0.25, 0.3) is 0 Å². The summed E-state index contributed by atoms with van der Waals surface area (Å²) < 4.78 is 36.2. The van der Waals surface area contributed by atoms with Crippen molar-refractivity contribution in [2.45, 2.75) is 12.8 Å². The van der Waals surface area contributed by atoms with Crippen LogP contribution in [0, 0.1) is 0 Å². The van der Waals surface area contributed by atoms with Crippen LogP contribution in [0.3, 0.4) is 0 Å². The third-order valence-corrected chi connectivity index (χ3v) is 1.96. The van der Waals surface area contributed by atoms with E-state index >= 15 is 0 Å². The van der Waals surface area contributed by atoms with E-state index in [4.69, 9.17) is 4.74 Å². The van der Waals surface area contributed by atoms with Crippen molar-refractivity contribution in [3.8, 4) is 5.75 Å². The lowest BCUT2D eigenvalue weighted by Gasteiger charge is -2.15. The molecule has 0 aliphatic carbocycles. The van der Waals surface area contributed by atoms with Gasteiger partial charge in [0.05, 0.1) is 13.7 Å². The maximum atomic E-state index is 13.5. The van der Waals surface area contributed by atoms with Crippen LogP contribution in [-0.2, 0) is 15.5 Å². The number of hydrogen-bond acceptors (Lipinski definition) is 3. The van der Waals surface area contributed by atoms with Gasteiger partial charge in [-0.1, -0.05) is 12.1 Å². The number of alkyl halides is 2. The van der Waals surface area contributed by atoms with E-state index in [2.05, 4.69) is 4.74 Å². The lowest BCUT2D eigenvalue weighted by Crippen LogP contribution is -2.28. The Balaban J connectivity index is 3.01. The van der Waals surface area contributed by atoms with Crippen molar-refractivity contribution in [1.82, 2.24) is 0 Å². The van der Waals surface area contributed by atoms with Crippen molar-refractivity contribution in [3.05, 3.63) is 29.8 Å². The van der Waals surface area contributed by atoms with Crippen LogP contribution in [0.1, 0.15) is 12.5 Å². The number of methoxy groups -OCH3 is 1. The Morgan fingerprint density at radius 3 is 2.69 bits per heavy atom. The van der Waals surface area contributed by atoms with Crippen LogP contribution >= 0.6 is 0 Å². The van der Waals surface area contributed by atoms with Gasteiger partial charge in [-0.2, -0.15) is 8.78 Å². The maximum absolute atomic E-state index is 13.5. The molecule has 0 radical (unpaired) electrons. The fraction of sp³-hybridized carbons (Fsp3) is 0.364. The second-order valence-electron chi connectivity index (χ2n) is 3.03. The summed E-state index contributed by atoms with van der Waals surface area (Å²) in [5, 5.41) is 0. The van der Waals surface area contributed by atoms with Crippen molar-refractivity contribution in [2.75, 3.05) is 13.7 Å². The third-order valence-electron chi connectivity index (χ3n) is 1.96. The van der Waals surface area contributed by atoms with E-state index in [0.717, 1.165) is 12.1 Å². The standard InChI is InChI=1S/C11H12F2O3/c1-3-16-10(14)11(12,13)8-5-4-6-9(7-8)15-2/h4-7H,3H2,1-2H3. The zero-order chi connectivity index (χ0) is 12.2. The van der Waals surface area contributed by atoms with Crippen LogP contribution in [0.15, 0.2) is 24.3 Å². The highest BCUT2D eigenvalue weighted by molar-refractivity contribution is 5.79. The highest BCUT2D eigenvalue weighted by Crippen LogP contribution is 2.31. The van der Waals surface area contributed by atoms with Gasteiger partial charge in [-0.25, -0.2) is 4.79 Å². The molecule has 0 aliphatic heterocycles. The van der Waals surface area contributed by atoms with Crippen molar-refractivity contribution < 1.29 is 23.0 Å². The van der Waals surface area contributed by atoms with Gasteiger partial charge in [-0.05, 0) is 19.1 Å². The van der Waals surface area contributed by atoms with Crippen LogP contribution in [0.25, 0.3) is 0 Å². The minimum absolute atomic E-state index is 0.0849. The van der Waals surface area contributed by atoms with E-state index in [0.29, 0.717) is 0 Å². The Bertz CT molecular complexity index is 377. The number of ether oxygens (including phenoxy) is 2. The molecule has 0 spiro atoms. The van der Waals surface area contributed by atoms with Gasteiger partial charge in [0.1, 0.15) is 5.75 Å². The number of carbonyl (C=O) groups excluding carboxylic acids is 1. The quantitative estimate of drug-likeness (QED) is 0.745. The van der Waals surface area contributed by atoms with Gasteiger partial charge in [0.2, 0.25) is 0 Å². The molecule has 0 bridgehead atoms. The molecule has 88 valence electrons. The third kappa shape index (κ3) is 2.48. The SMILES string of the molecule is CCOC(=O)C(F)(F)c1cccc(OC)c1. The smallest absolute Gasteiger partial charge is 0.381 e. The van der Waals surface area contributed by atoms with Crippen LogP contribution in [-0.4, -0.2) is 19.7 Å². The summed E-state index contributed by atoms with van der Waals surface area (Å²) >= 11 is 0. The predicted octanol–water partition coefficient (Wildman–Crippen LogP) is 2.35. The molecule has 1 aromatic rings. The highest BCUT2D eigenvalue weighted by Gasteiger charge is 2.42. The largest absolute Gasteiger partial charge is 0.497 e. The van der Waals surface area contributed by atoms with Crippen molar-refractivity contribution >= 4 is 5.97 Å². The highest BCUT2D eigenvalue weighted by atomic mass is 19.3. The van der Waals surface area contributed by atoms with E-state index in [9.17, 15) is 13.6 Å². The van der Waals surface area contributed by atoms with Crippen LogP contribution in [0.4, 0.5) is 8.78 Å². The average Bonchev–Trinajstić information content (AvgIpc) is 2.29. The monoisotopic (exact) mass is 230 g/mol. The van der Waals surface area contributed by atoms with Gasteiger partial charge >= 0.3 is 11.9 Å². The van der Waals surface area contributed by atoms with Crippen LogP contribution in [0.5, 0.6) is 5.75 Å². The van der Waals surface area contributed by atoms with Crippen molar-refractivity contribution in [1.29, 1.82) is 0 Å². The fourth-order valence-corrected chi connectivity index (χ4v) is 1.16. The molecule has 0 atom stereocenters. The maximum Gasteiger partial charge on any atom is 0.381 e. The fourth-order valence-electron chi connectivity index (χ4n) is 1.16. The summed E-state index contributed by atoms with van der Waals surface area (Å²) in [7, 11) is 1.36. The van der Waals surface area contributed by atoms with Gasteiger partial charge in [0.15, 0.2) is 0 Å². The Morgan fingerprint density at radius 2 is 2.12 bits per heavy atom. The summed E-state index contributed by atoms with van der Waals surface area (Å²) in [5.41, 5.74) is -0.440. The summed E-state index contributed by atoms with van der Waals surface area (Å²) in [6.07, 6.45) is 0. The normalized spacial score (nSPS) is 11.0. The number of rotatable bonds is 4. The molecule has 5 heteroatoms. The zero-order valence-electron chi connectivity index (χ0n) is 9.00. The first-order chi connectivity index (χ1) is 7.52. The van der Waals surface area contributed by atoms with E-state index in [1.165, 1.54) is 26.2 Å². The predicted molar refractivity (Wildman–Crippen MR) is 53.5 cm³/mol. The lowest BCUT2D eigenvalue weighted by molar-refractivity contribution is -0.173. The molecule has 3 nitrogen and oxygen atoms in total. The Kier molecular flexibility index (Phi) is 3.82. The first kappa shape index (κ1) is 12.4. The topological polar surface area (TPSA) is 35.5 Å². The summed E-state index contributed by atoms with van der Waals surface area (Å²) in [4.78, 5) is 11.1. The van der Waals surface area contributed by atoms with Crippen molar-refractivity contribution in [2.24, 2.45) is 0 Å². The molecule has 0 aromatic heterocycles. The van der Waals surface area contributed by atoms with E-state index in [-0.39, 0.29) is 12.4 Å². The first-order valence-corrected chi connectivity index (χ1v) is 4.72. The molecule has 1 rings (SSSR count). The molecule has 0 aliphatic rings. The number of carbonyl (C=O) groups is 1. The summed E-state index contributed by atoms with van der Waals surface area (Å²) in [5.74, 6) is -4.94. The van der Waals surface area contributed by atoms with E-state index in [1.54, 1.807) is 0 Å². The van der Waals surface area contributed by atoms with Gasteiger partial charge in [-0.3, -0.25) is 0 Å². The molecule has 0 saturated heterocycles. The van der Waals surface area contributed by atoms with Crippen LogP contribution < -0.4 is 4.74 Å². The molecule has 16 heavy (non-hydrogen) atoms. The Hall–Kier alpha value is -1.65. The van der Waals surface area contributed by atoms with Crippen molar-refractivity contribution in [3.63, 3.8) is 0 Å². The number of hydrogen-bond donors (Lipinski definition) is 0. The minimum Gasteiger partial charge on any atom is -0.497 e. The van der Waals surface area contributed by atoms with Crippen LogP contribution in [0.2, 0.25) is 0 Å². The van der Waals surface area contributed by atoms with Gasteiger partial charge < -0.3 is 9.47 Å². The second-order valence-corrected chi connectivity index (χ2v) is 3.03. The minimum atomic E-state index is -3.65. The number of esters is 1. The molecule has 0 amide bonds. The molecular weight excluding hydrogens is 218 g/mol. The van der Waals surface area contributed by atoms with Gasteiger partial charge in [-0.15, -0.1) is 0 Å². The molecule has 1 aromatic carbocycles. The summed E-state index contributed by atoms with van der Waals surface area (Å²) in [6.45, 7) is 1.39. The summed E-state index contributed by atoms with van der Waals surface area (Å²) in [6, 6.07) is 5.17. The first-order valence-electron chi connectivity index (χ1n) is 4.72. The molecule has 0 fully saturated rings. The molecule has 0 unspecified atom stereocenters.